The van der Waals surface area contributed by atoms with E-state index in [1.165, 1.54) is 19.3 Å². The van der Waals surface area contributed by atoms with Crippen LogP contribution >= 0.6 is 0 Å². The maximum atomic E-state index is 12.0. The average Bonchev–Trinajstić information content (AvgIpc) is 2.41. The summed E-state index contributed by atoms with van der Waals surface area (Å²) in [4.78, 5) is 16.3. The molecule has 1 aliphatic rings. The van der Waals surface area contributed by atoms with Crippen LogP contribution in [0.2, 0.25) is 0 Å². The fourth-order valence-electron chi connectivity index (χ4n) is 2.48. The van der Waals surface area contributed by atoms with Crippen molar-refractivity contribution >= 4 is 22.6 Å². The molecule has 2 N–H and O–H groups in total. The van der Waals surface area contributed by atoms with Gasteiger partial charge in [-0.1, -0.05) is 37.5 Å². The molecule has 0 aliphatic heterocycles. The number of benzene rings is 1. The van der Waals surface area contributed by atoms with Crippen LogP contribution in [0.1, 0.15) is 36.2 Å². The highest BCUT2D eigenvalue weighted by molar-refractivity contribution is 5.96. The highest BCUT2D eigenvalue weighted by Gasteiger charge is 2.18. The number of fused-ring (bicyclic) bond motifs is 1. The molecule has 104 valence electrons. The number of anilines is 1. The molecule has 1 fully saturated rings. The normalized spacial score (nSPS) is 15.0. The largest absolute Gasteiger partial charge is 0.461 e. The van der Waals surface area contributed by atoms with Gasteiger partial charge >= 0.3 is 5.97 Å². The predicted molar refractivity (Wildman–Crippen MR) is 78.4 cm³/mol. The quantitative estimate of drug-likeness (QED) is 0.867. The summed E-state index contributed by atoms with van der Waals surface area (Å²) >= 11 is 0. The first-order valence-electron chi connectivity index (χ1n) is 7.06. The Morgan fingerprint density at radius 1 is 1.35 bits per heavy atom. The second-order valence-corrected chi connectivity index (χ2v) is 5.34. The number of ether oxygens (including phenoxy) is 1. The topological polar surface area (TPSA) is 65.2 Å². The summed E-state index contributed by atoms with van der Waals surface area (Å²) in [5.74, 6) is 0.346. The molecule has 20 heavy (non-hydrogen) atoms. The van der Waals surface area contributed by atoms with Gasteiger partial charge in [0.2, 0.25) is 0 Å². The summed E-state index contributed by atoms with van der Waals surface area (Å²) in [6, 6.07) is 9.10. The van der Waals surface area contributed by atoms with E-state index in [-0.39, 0.29) is 11.7 Å². The van der Waals surface area contributed by atoms with E-state index in [1.807, 2.05) is 24.3 Å². The van der Waals surface area contributed by atoms with E-state index >= 15 is 0 Å². The van der Waals surface area contributed by atoms with E-state index in [4.69, 9.17) is 10.5 Å². The third-order valence-electron chi connectivity index (χ3n) is 3.94. The molecule has 1 heterocycles. The highest BCUT2D eigenvalue weighted by Crippen LogP contribution is 2.29. The Bertz CT molecular complexity index is 635. The average molecular weight is 270 g/mol. The third kappa shape index (κ3) is 2.59. The monoisotopic (exact) mass is 270 g/mol. The summed E-state index contributed by atoms with van der Waals surface area (Å²) in [6.07, 6.45) is 4.79. The molecular formula is C16H18N2O2. The fourth-order valence-corrected chi connectivity index (χ4v) is 2.48. The van der Waals surface area contributed by atoms with Gasteiger partial charge < -0.3 is 10.5 Å². The van der Waals surface area contributed by atoms with Crippen molar-refractivity contribution < 1.29 is 9.53 Å². The van der Waals surface area contributed by atoms with E-state index in [2.05, 4.69) is 4.98 Å². The van der Waals surface area contributed by atoms with Crippen LogP contribution < -0.4 is 5.73 Å². The fraction of sp³-hybridized carbons (Fsp3) is 0.375. The van der Waals surface area contributed by atoms with E-state index in [0.29, 0.717) is 12.3 Å². The molecular weight excluding hydrogens is 252 g/mol. The van der Waals surface area contributed by atoms with Crippen molar-refractivity contribution in [2.45, 2.75) is 25.7 Å². The van der Waals surface area contributed by atoms with Crippen LogP contribution in [-0.4, -0.2) is 17.6 Å². The highest BCUT2D eigenvalue weighted by atomic mass is 16.5. The van der Waals surface area contributed by atoms with E-state index < -0.39 is 0 Å². The van der Waals surface area contributed by atoms with Gasteiger partial charge in [-0.25, -0.2) is 9.78 Å². The van der Waals surface area contributed by atoms with Crippen molar-refractivity contribution in [3.8, 4) is 0 Å². The molecule has 0 spiro atoms. The van der Waals surface area contributed by atoms with E-state index in [9.17, 15) is 4.79 Å². The van der Waals surface area contributed by atoms with Crippen LogP contribution in [-0.2, 0) is 4.74 Å². The zero-order valence-electron chi connectivity index (χ0n) is 11.3. The predicted octanol–water partition coefficient (Wildman–Crippen LogP) is 3.16. The van der Waals surface area contributed by atoms with Crippen LogP contribution in [0.25, 0.3) is 10.9 Å². The summed E-state index contributed by atoms with van der Waals surface area (Å²) in [5, 5.41) is 0.860. The van der Waals surface area contributed by atoms with Crippen molar-refractivity contribution in [3.63, 3.8) is 0 Å². The van der Waals surface area contributed by atoms with Crippen molar-refractivity contribution in [1.29, 1.82) is 0 Å². The number of hydrogen-bond acceptors (Lipinski definition) is 4. The molecule has 2 aromatic rings. The molecule has 1 aromatic heterocycles. The molecule has 0 atom stereocenters. The van der Waals surface area contributed by atoms with Crippen LogP contribution in [0.15, 0.2) is 30.3 Å². The first kappa shape index (κ1) is 12.9. The lowest BCUT2D eigenvalue weighted by Gasteiger charge is -2.24. The summed E-state index contributed by atoms with van der Waals surface area (Å²) in [6.45, 7) is 0.470. The minimum Gasteiger partial charge on any atom is -0.461 e. The minimum atomic E-state index is -0.387. The lowest BCUT2D eigenvalue weighted by Crippen LogP contribution is -2.16. The van der Waals surface area contributed by atoms with Crippen molar-refractivity contribution in [2.75, 3.05) is 12.3 Å². The van der Waals surface area contributed by atoms with Crippen LogP contribution in [0.4, 0.5) is 5.69 Å². The van der Waals surface area contributed by atoms with Crippen molar-refractivity contribution in [2.24, 2.45) is 5.92 Å². The van der Waals surface area contributed by atoms with Crippen molar-refractivity contribution in [1.82, 2.24) is 4.98 Å². The van der Waals surface area contributed by atoms with Gasteiger partial charge in [-0.15, -0.1) is 0 Å². The Hall–Kier alpha value is -2.10. The second-order valence-electron chi connectivity index (χ2n) is 5.34. The van der Waals surface area contributed by atoms with Gasteiger partial charge in [-0.05, 0) is 24.5 Å². The Morgan fingerprint density at radius 3 is 2.90 bits per heavy atom. The Balaban J connectivity index is 1.70. The first-order chi connectivity index (χ1) is 9.74. The van der Waals surface area contributed by atoms with Crippen LogP contribution in [0.5, 0.6) is 0 Å². The second kappa shape index (κ2) is 5.49. The zero-order valence-corrected chi connectivity index (χ0v) is 11.3. The van der Waals surface area contributed by atoms with Crippen LogP contribution in [0.3, 0.4) is 0 Å². The number of nitrogens with zero attached hydrogens (tertiary/aromatic N) is 1. The lowest BCUT2D eigenvalue weighted by molar-refractivity contribution is 0.0458. The van der Waals surface area contributed by atoms with Gasteiger partial charge in [0, 0.05) is 11.1 Å². The maximum Gasteiger partial charge on any atom is 0.357 e. The number of nitrogen functional groups attached to an aromatic ring is 1. The molecule has 4 nitrogen and oxygen atoms in total. The number of hydrogen-bond donors (Lipinski definition) is 1. The molecule has 3 rings (SSSR count). The van der Waals surface area contributed by atoms with Crippen LogP contribution in [0, 0.1) is 5.92 Å². The molecule has 0 amide bonds. The zero-order chi connectivity index (χ0) is 13.9. The molecule has 0 bridgehead atoms. The standard InChI is InChI=1S/C16H18N2O2/c17-13-10-15(18-14-7-2-1-6-12(13)14)16(19)20-9-8-11-4-3-5-11/h1-2,6-7,10-11H,3-5,8-9H2,(H2,17,18). The van der Waals surface area contributed by atoms with Gasteiger partial charge in [-0.2, -0.15) is 0 Å². The lowest BCUT2D eigenvalue weighted by atomic mass is 9.83. The molecule has 0 radical (unpaired) electrons. The number of nitrogens with two attached hydrogens (primary N) is 1. The number of rotatable bonds is 4. The molecule has 0 saturated heterocycles. The third-order valence-corrected chi connectivity index (χ3v) is 3.94. The number of carbonyl (C=O) groups excluding carboxylic acids is 1. The van der Waals surface area contributed by atoms with E-state index in [1.54, 1.807) is 6.07 Å². The van der Waals surface area contributed by atoms with Gasteiger partial charge in [0.1, 0.15) is 0 Å². The smallest absolute Gasteiger partial charge is 0.357 e. The number of carbonyl (C=O) groups is 1. The Morgan fingerprint density at radius 2 is 2.15 bits per heavy atom. The summed E-state index contributed by atoms with van der Waals surface area (Å²) in [5.41, 5.74) is 7.52. The van der Waals surface area contributed by atoms with Gasteiger partial charge in [-0.3, -0.25) is 0 Å². The van der Waals surface area contributed by atoms with Gasteiger partial charge in [0.25, 0.3) is 0 Å². The minimum absolute atomic E-state index is 0.287. The SMILES string of the molecule is Nc1cc(C(=O)OCCC2CCC2)nc2ccccc12. The van der Waals surface area contributed by atoms with Crippen molar-refractivity contribution in [3.05, 3.63) is 36.0 Å². The number of para-hydroxylation sites is 1. The van der Waals surface area contributed by atoms with E-state index in [0.717, 1.165) is 23.2 Å². The summed E-state index contributed by atoms with van der Waals surface area (Å²) < 4.78 is 5.28. The maximum absolute atomic E-state index is 12.0. The number of aromatic nitrogens is 1. The first-order valence-corrected chi connectivity index (χ1v) is 7.06. The molecule has 4 heteroatoms. The molecule has 0 unspecified atom stereocenters. The number of pyridine rings is 1. The van der Waals surface area contributed by atoms with Gasteiger partial charge in [0.15, 0.2) is 5.69 Å². The van der Waals surface area contributed by atoms with Gasteiger partial charge in [0.05, 0.1) is 12.1 Å². The summed E-state index contributed by atoms with van der Waals surface area (Å²) in [7, 11) is 0. The molecule has 1 aliphatic carbocycles. The Kier molecular flexibility index (Phi) is 3.54. The number of esters is 1. The molecule has 1 saturated carbocycles. The molecule has 1 aromatic carbocycles. The Labute approximate surface area is 117 Å².